The number of ether oxygens (including phenoxy) is 2. The third-order valence-corrected chi connectivity index (χ3v) is 4.84. The molecule has 1 fully saturated rings. The first kappa shape index (κ1) is 22.6. The second kappa shape index (κ2) is 13.7. The van der Waals surface area contributed by atoms with Crippen molar-refractivity contribution in [1.82, 2.24) is 15.6 Å². The number of rotatable bonds is 9. The lowest BCUT2D eigenvalue weighted by Crippen LogP contribution is -2.39. The summed E-state index contributed by atoms with van der Waals surface area (Å²) in [5.41, 5.74) is 1.14. The second-order valence-corrected chi connectivity index (χ2v) is 7.08. The summed E-state index contributed by atoms with van der Waals surface area (Å²) < 4.78 is 11.1. The maximum absolute atomic E-state index is 5.77. The number of guanidine groups is 1. The third kappa shape index (κ3) is 9.72. The molecule has 0 saturated carbocycles. The van der Waals surface area contributed by atoms with Gasteiger partial charge in [-0.25, -0.2) is 4.98 Å². The highest BCUT2D eigenvalue weighted by molar-refractivity contribution is 14.0. The molecule has 0 unspecified atom stereocenters. The van der Waals surface area contributed by atoms with Crippen molar-refractivity contribution < 1.29 is 9.47 Å². The number of aromatic nitrogens is 1. The molecule has 1 aliphatic heterocycles. The number of aryl methyl sites for hydroxylation is 1. The lowest BCUT2D eigenvalue weighted by molar-refractivity contribution is 0.0203. The summed E-state index contributed by atoms with van der Waals surface area (Å²) in [6.07, 6.45) is 4.16. The van der Waals surface area contributed by atoms with E-state index in [4.69, 9.17) is 9.47 Å². The van der Waals surface area contributed by atoms with Crippen LogP contribution in [0.15, 0.2) is 10.4 Å². The van der Waals surface area contributed by atoms with E-state index in [2.05, 4.69) is 26.0 Å². The summed E-state index contributed by atoms with van der Waals surface area (Å²) in [6.45, 7) is 7.16. The van der Waals surface area contributed by atoms with Gasteiger partial charge < -0.3 is 20.1 Å². The summed E-state index contributed by atoms with van der Waals surface area (Å²) in [5, 5.41) is 9.87. The summed E-state index contributed by atoms with van der Waals surface area (Å²) in [6, 6.07) is 0. The van der Waals surface area contributed by atoms with Crippen molar-refractivity contribution in [3.63, 3.8) is 0 Å². The van der Waals surface area contributed by atoms with Crippen LogP contribution in [0.2, 0.25) is 0 Å². The number of aliphatic imine (C=N–C) groups is 1. The highest BCUT2D eigenvalue weighted by atomic mass is 127. The molecule has 0 radical (unpaired) electrons. The number of hydrogen-bond acceptors (Lipinski definition) is 5. The van der Waals surface area contributed by atoms with Crippen molar-refractivity contribution in [1.29, 1.82) is 0 Å². The van der Waals surface area contributed by atoms with Crippen LogP contribution in [0, 0.1) is 12.8 Å². The third-order valence-electron chi connectivity index (χ3n) is 4.02. The SMILES string of the molecule is CN=C(NCCCOCC1CCOCC1)NCCc1csc(C)n1.I. The quantitative estimate of drug-likeness (QED) is 0.245. The van der Waals surface area contributed by atoms with Crippen LogP contribution < -0.4 is 10.6 Å². The van der Waals surface area contributed by atoms with Gasteiger partial charge >= 0.3 is 0 Å². The van der Waals surface area contributed by atoms with E-state index in [0.717, 1.165) is 81.9 Å². The van der Waals surface area contributed by atoms with Crippen molar-refractivity contribution in [3.8, 4) is 0 Å². The van der Waals surface area contributed by atoms with Gasteiger partial charge in [-0.15, -0.1) is 35.3 Å². The Bertz CT molecular complexity index is 493. The number of nitrogens with one attached hydrogen (secondary N) is 2. The standard InChI is InChI=1S/C17H30N4O2S.HI/c1-14-21-16(13-24-14)4-8-20-17(18-2)19-7-3-9-23-12-15-5-10-22-11-6-15;/h13,15H,3-12H2,1-2H3,(H2,18,19,20);1H. The summed E-state index contributed by atoms with van der Waals surface area (Å²) >= 11 is 1.70. The van der Waals surface area contributed by atoms with Crippen molar-refractivity contribution in [2.75, 3.05) is 46.6 Å². The van der Waals surface area contributed by atoms with Crippen LogP contribution in [0.3, 0.4) is 0 Å². The molecule has 2 rings (SSSR count). The van der Waals surface area contributed by atoms with Gasteiger partial charge in [0, 0.05) is 58.4 Å². The minimum atomic E-state index is 0. The minimum absolute atomic E-state index is 0. The average molecular weight is 482 g/mol. The number of thiazole rings is 1. The molecule has 25 heavy (non-hydrogen) atoms. The topological polar surface area (TPSA) is 67.8 Å². The van der Waals surface area contributed by atoms with Gasteiger partial charge in [-0.05, 0) is 32.1 Å². The van der Waals surface area contributed by atoms with Gasteiger partial charge in [0.25, 0.3) is 0 Å². The first-order valence-electron chi connectivity index (χ1n) is 8.79. The van der Waals surface area contributed by atoms with Crippen LogP contribution in [0.5, 0.6) is 0 Å². The van der Waals surface area contributed by atoms with Gasteiger partial charge in [-0.3, -0.25) is 4.99 Å². The smallest absolute Gasteiger partial charge is 0.190 e. The monoisotopic (exact) mass is 482 g/mol. The van der Waals surface area contributed by atoms with Crippen LogP contribution in [-0.2, 0) is 15.9 Å². The molecule has 0 atom stereocenters. The Morgan fingerprint density at radius 1 is 1.36 bits per heavy atom. The van der Waals surface area contributed by atoms with E-state index in [1.807, 2.05) is 6.92 Å². The molecule has 0 spiro atoms. The predicted octanol–water partition coefficient (Wildman–Crippen LogP) is 2.61. The zero-order valence-electron chi connectivity index (χ0n) is 15.3. The number of nitrogens with zero attached hydrogens (tertiary/aromatic N) is 2. The van der Waals surface area contributed by atoms with Crippen LogP contribution in [0.4, 0.5) is 0 Å². The van der Waals surface area contributed by atoms with E-state index in [1.165, 1.54) is 0 Å². The van der Waals surface area contributed by atoms with Crippen molar-refractivity contribution in [2.45, 2.75) is 32.6 Å². The summed E-state index contributed by atoms with van der Waals surface area (Å²) in [4.78, 5) is 8.70. The van der Waals surface area contributed by atoms with Crippen LogP contribution >= 0.6 is 35.3 Å². The molecule has 1 aromatic rings. The van der Waals surface area contributed by atoms with Crippen LogP contribution in [0.1, 0.15) is 30.0 Å². The van der Waals surface area contributed by atoms with Gasteiger partial charge in [0.1, 0.15) is 0 Å². The van der Waals surface area contributed by atoms with Gasteiger partial charge in [0.15, 0.2) is 5.96 Å². The van der Waals surface area contributed by atoms with E-state index < -0.39 is 0 Å². The van der Waals surface area contributed by atoms with E-state index >= 15 is 0 Å². The normalized spacial score (nSPS) is 15.7. The Labute approximate surface area is 172 Å². The largest absolute Gasteiger partial charge is 0.381 e. The molecule has 0 aliphatic carbocycles. The fourth-order valence-electron chi connectivity index (χ4n) is 2.60. The van der Waals surface area contributed by atoms with Gasteiger partial charge in [0.05, 0.1) is 10.7 Å². The van der Waals surface area contributed by atoms with Crippen molar-refractivity contribution >= 4 is 41.3 Å². The average Bonchev–Trinajstić information content (AvgIpc) is 3.02. The van der Waals surface area contributed by atoms with Crippen molar-refractivity contribution in [3.05, 3.63) is 16.1 Å². The van der Waals surface area contributed by atoms with Crippen molar-refractivity contribution in [2.24, 2.45) is 10.9 Å². The zero-order chi connectivity index (χ0) is 17.0. The van der Waals surface area contributed by atoms with E-state index in [0.29, 0.717) is 5.92 Å². The fraction of sp³-hybridized carbons (Fsp3) is 0.765. The Balaban J connectivity index is 0.00000312. The van der Waals surface area contributed by atoms with E-state index in [-0.39, 0.29) is 24.0 Å². The van der Waals surface area contributed by atoms with Crippen LogP contribution in [-0.4, -0.2) is 57.5 Å². The Hall–Kier alpha value is -0.450. The number of halogens is 1. The maximum Gasteiger partial charge on any atom is 0.190 e. The van der Waals surface area contributed by atoms with Gasteiger partial charge in [0.2, 0.25) is 0 Å². The minimum Gasteiger partial charge on any atom is -0.381 e. The lowest BCUT2D eigenvalue weighted by Gasteiger charge is -2.21. The molecule has 2 N–H and O–H groups in total. The summed E-state index contributed by atoms with van der Waals surface area (Å²) in [5.74, 6) is 1.52. The Morgan fingerprint density at radius 2 is 2.12 bits per heavy atom. The highest BCUT2D eigenvalue weighted by Crippen LogP contribution is 2.14. The summed E-state index contributed by atoms with van der Waals surface area (Å²) in [7, 11) is 1.80. The maximum atomic E-state index is 5.77. The molecule has 8 heteroatoms. The molecule has 6 nitrogen and oxygen atoms in total. The van der Waals surface area contributed by atoms with E-state index in [1.54, 1.807) is 18.4 Å². The first-order valence-corrected chi connectivity index (χ1v) is 9.67. The Kier molecular flexibility index (Phi) is 12.4. The first-order chi connectivity index (χ1) is 11.8. The lowest BCUT2D eigenvalue weighted by atomic mass is 10.0. The molecular weight excluding hydrogens is 451 g/mol. The van der Waals surface area contributed by atoms with Gasteiger partial charge in [-0.1, -0.05) is 0 Å². The second-order valence-electron chi connectivity index (χ2n) is 6.02. The molecule has 1 aromatic heterocycles. The Morgan fingerprint density at radius 3 is 2.80 bits per heavy atom. The zero-order valence-corrected chi connectivity index (χ0v) is 18.4. The molecular formula is C17H31IN4O2S. The molecule has 144 valence electrons. The van der Waals surface area contributed by atoms with E-state index in [9.17, 15) is 0 Å². The van der Waals surface area contributed by atoms with Gasteiger partial charge in [-0.2, -0.15) is 0 Å². The van der Waals surface area contributed by atoms with Crippen LogP contribution in [0.25, 0.3) is 0 Å². The molecule has 0 amide bonds. The number of hydrogen-bond donors (Lipinski definition) is 2. The highest BCUT2D eigenvalue weighted by Gasteiger charge is 2.13. The molecule has 0 bridgehead atoms. The molecule has 2 heterocycles. The molecule has 1 aliphatic rings. The predicted molar refractivity (Wildman–Crippen MR) is 114 cm³/mol. The molecule has 0 aromatic carbocycles. The molecule has 1 saturated heterocycles. The fourth-order valence-corrected chi connectivity index (χ4v) is 3.24.